The molecule has 0 aliphatic heterocycles. The number of pyridine rings is 1. The zero-order valence-corrected chi connectivity index (χ0v) is 13.5. The van der Waals surface area contributed by atoms with Gasteiger partial charge in [0.25, 0.3) is 5.56 Å². The molecule has 0 aliphatic carbocycles. The topological polar surface area (TPSA) is 66.1 Å². The predicted molar refractivity (Wildman–Crippen MR) is 89.0 cm³/mol. The van der Waals surface area contributed by atoms with E-state index in [0.29, 0.717) is 5.52 Å². The summed E-state index contributed by atoms with van der Waals surface area (Å²) in [7, 11) is 4.70. The van der Waals surface area contributed by atoms with Gasteiger partial charge in [0, 0.05) is 19.7 Å². The molecule has 2 heterocycles. The summed E-state index contributed by atoms with van der Waals surface area (Å²) in [6, 6.07) is 9.31. The lowest BCUT2D eigenvalue weighted by Gasteiger charge is -2.11. The average molecular weight is 311 g/mol. The maximum atomic E-state index is 12.4. The fourth-order valence-electron chi connectivity index (χ4n) is 2.63. The van der Waals surface area contributed by atoms with Crippen LogP contribution >= 0.6 is 0 Å². The molecular formula is C17H17N3O3. The highest BCUT2D eigenvalue weighted by atomic mass is 16.5. The van der Waals surface area contributed by atoms with Crippen molar-refractivity contribution in [3.8, 4) is 17.0 Å². The molecule has 118 valence electrons. The molecule has 0 aliphatic rings. The largest absolute Gasteiger partial charge is 0.497 e. The fourth-order valence-corrected chi connectivity index (χ4v) is 2.63. The van der Waals surface area contributed by atoms with Gasteiger partial charge < -0.3 is 4.74 Å². The second-order valence-electron chi connectivity index (χ2n) is 5.46. The van der Waals surface area contributed by atoms with Crippen LogP contribution in [0.3, 0.4) is 0 Å². The zero-order valence-electron chi connectivity index (χ0n) is 13.5. The summed E-state index contributed by atoms with van der Waals surface area (Å²) >= 11 is 0. The first-order chi connectivity index (χ1) is 10.9. The average Bonchev–Trinajstić information content (AvgIpc) is 2.58. The van der Waals surface area contributed by atoms with Crippen molar-refractivity contribution < 1.29 is 4.74 Å². The van der Waals surface area contributed by atoms with Crippen LogP contribution in [0.1, 0.15) is 5.56 Å². The minimum absolute atomic E-state index is 0.283. The Morgan fingerprint density at radius 3 is 2.30 bits per heavy atom. The Bertz CT molecular complexity index is 1010. The van der Waals surface area contributed by atoms with Gasteiger partial charge in [0.05, 0.1) is 18.3 Å². The summed E-state index contributed by atoms with van der Waals surface area (Å²) < 4.78 is 7.67. The molecular weight excluding hydrogens is 294 g/mol. The Morgan fingerprint density at radius 1 is 1.04 bits per heavy atom. The Balaban J connectivity index is 2.33. The van der Waals surface area contributed by atoms with E-state index in [1.54, 1.807) is 14.2 Å². The van der Waals surface area contributed by atoms with Crippen LogP contribution in [0.2, 0.25) is 0 Å². The van der Waals surface area contributed by atoms with Gasteiger partial charge in [-0.15, -0.1) is 0 Å². The van der Waals surface area contributed by atoms with Crippen LogP contribution in [0.25, 0.3) is 22.3 Å². The van der Waals surface area contributed by atoms with E-state index in [1.165, 1.54) is 11.6 Å². The molecule has 3 rings (SSSR count). The Labute approximate surface area is 132 Å². The summed E-state index contributed by atoms with van der Waals surface area (Å²) in [5.41, 5.74) is 2.57. The molecule has 0 N–H and O–H groups in total. The number of hydrogen-bond acceptors (Lipinski definition) is 4. The fraction of sp³-hybridized carbons (Fsp3) is 0.235. The second-order valence-corrected chi connectivity index (χ2v) is 5.46. The number of aromatic nitrogens is 3. The van der Waals surface area contributed by atoms with Crippen molar-refractivity contribution in [2.24, 2.45) is 14.1 Å². The van der Waals surface area contributed by atoms with Gasteiger partial charge in [-0.3, -0.25) is 13.9 Å². The van der Waals surface area contributed by atoms with E-state index in [2.05, 4.69) is 4.98 Å². The molecule has 3 aromatic rings. The third-order valence-corrected chi connectivity index (χ3v) is 4.00. The first-order valence-electron chi connectivity index (χ1n) is 7.16. The van der Waals surface area contributed by atoms with Crippen molar-refractivity contribution in [3.05, 3.63) is 56.7 Å². The number of nitrogens with zero attached hydrogens (tertiary/aromatic N) is 3. The van der Waals surface area contributed by atoms with Gasteiger partial charge in [-0.05, 0) is 42.8 Å². The van der Waals surface area contributed by atoms with Crippen LogP contribution in [0.15, 0.2) is 39.9 Å². The van der Waals surface area contributed by atoms with Gasteiger partial charge >= 0.3 is 5.69 Å². The van der Waals surface area contributed by atoms with Crippen molar-refractivity contribution in [1.82, 2.24) is 14.1 Å². The van der Waals surface area contributed by atoms with Gasteiger partial charge in [0.1, 0.15) is 5.75 Å². The third kappa shape index (κ3) is 2.32. The first kappa shape index (κ1) is 15.0. The molecule has 0 spiro atoms. The van der Waals surface area contributed by atoms with Crippen molar-refractivity contribution in [3.63, 3.8) is 0 Å². The van der Waals surface area contributed by atoms with Crippen molar-refractivity contribution >= 4 is 11.0 Å². The number of rotatable bonds is 2. The van der Waals surface area contributed by atoms with E-state index in [9.17, 15) is 9.59 Å². The molecule has 0 bridgehead atoms. The highest BCUT2D eigenvalue weighted by Crippen LogP contribution is 2.25. The summed E-state index contributed by atoms with van der Waals surface area (Å²) in [4.78, 5) is 28.9. The molecule has 6 nitrogen and oxygen atoms in total. The molecule has 0 saturated carbocycles. The smallest absolute Gasteiger partial charge is 0.331 e. The molecule has 23 heavy (non-hydrogen) atoms. The number of ether oxygens (including phenoxy) is 1. The molecule has 0 fully saturated rings. The van der Waals surface area contributed by atoms with Crippen LogP contribution in [-0.2, 0) is 14.1 Å². The molecule has 0 atom stereocenters. The number of fused-ring (bicyclic) bond motifs is 1. The van der Waals surface area contributed by atoms with Crippen molar-refractivity contribution in [1.29, 1.82) is 0 Å². The lowest BCUT2D eigenvalue weighted by molar-refractivity contribution is 0.415. The lowest BCUT2D eigenvalue weighted by atomic mass is 10.1. The van der Waals surface area contributed by atoms with Crippen LogP contribution < -0.4 is 16.0 Å². The second kappa shape index (κ2) is 5.39. The highest BCUT2D eigenvalue weighted by molar-refractivity contribution is 5.79. The SMILES string of the molecule is COc1ccc(-c2nc3c(=O)n(C)c(=O)n(C)c3cc2C)cc1. The Kier molecular flexibility index (Phi) is 3.52. The highest BCUT2D eigenvalue weighted by Gasteiger charge is 2.13. The van der Waals surface area contributed by atoms with E-state index >= 15 is 0 Å². The quantitative estimate of drug-likeness (QED) is 0.721. The molecule has 1 aromatic carbocycles. The van der Waals surface area contributed by atoms with E-state index in [1.807, 2.05) is 37.3 Å². The van der Waals surface area contributed by atoms with E-state index in [0.717, 1.165) is 27.1 Å². The van der Waals surface area contributed by atoms with Crippen LogP contribution in [-0.4, -0.2) is 21.2 Å². The number of benzene rings is 1. The van der Waals surface area contributed by atoms with Gasteiger partial charge in [-0.1, -0.05) is 0 Å². The Morgan fingerprint density at radius 2 is 1.70 bits per heavy atom. The first-order valence-corrected chi connectivity index (χ1v) is 7.16. The monoisotopic (exact) mass is 311 g/mol. The molecule has 0 unspecified atom stereocenters. The lowest BCUT2D eigenvalue weighted by Crippen LogP contribution is -2.37. The van der Waals surface area contributed by atoms with Crippen LogP contribution in [0, 0.1) is 6.92 Å². The normalized spacial score (nSPS) is 11.0. The minimum atomic E-state index is -0.391. The predicted octanol–water partition coefficient (Wildman–Crippen LogP) is 1.62. The molecule has 6 heteroatoms. The molecule has 0 saturated heterocycles. The number of aryl methyl sites for hydroxylation is 2. The summed E-state index contributed by atoms with van der Waals surface area (Å²) in [6.07, 6.45) is 0. The maximum Gasteiger partial charge on any atom is 0.331 e. The summed E-state index contributed by atoms with van der Waals surface area (Å²) in [5.74, 6) is 0.755. The molecule has 0 radical (unpaired) electrons. The van der Waals surface area contributed by atoms with E-state index in [-0.39, 0.29) is 11.2 Å². The Hall–Kier alpha value is -2.89. The third-order valence-electron chi connectivity index (χ3n) is 4.00. The van der Waals surface area contributed by atoms with E-state index in [4.69, 9.17) is 4.74 Å². The maximum absolute atomic E-state index is 12.4. The zero-order chi connectivity index (χ0) is 16.7. The van der Waals surface area contributed by atoms with Crippen molar-refractivity contribution in [2.45, 2.75) is 6.92 Å². The van der Waals surface area contributed by atoms with Gasteiger partial charge in [-0.2, -0.15) is 0 Å². The standard InChI is InChI=1S/C17H17N3O3/c1-10-9-13-15(16(21)20(3)17(22)19(13)2)18-14(10)11-5-7-12(23-4)8-6-11/h5-9H,1-4H3. The van der Waals surface area contributed by atoms with Gasteiger partial charge in [-0.25, -0.2) is 9.78 Å². The van der Waals surface area contributed by atoms with E-state index < -0.39 is 5.56 Å². The summed E-state index contributed by atoms with van der Waals surface area (Å²) in [5, 5.41) is 0. The van der Waals surface area contributed by atoms with Crippen LogP contribution in [0.5, 0.6) is 5.75 Å². The molecule has 2 aromatic heterocycles. The molecule has 0 amide bonds. The minimum Gasteiger partial charge on any atom is -0.497 e. The van der Waals surface area contributed by atoms with Crippen LogP contribution in [0.4, 0.5) is 0 Å². The number of methoxy groups -OCH3 is 1. The summed E-state index contributed by atoms with van der Waals surface area (Å²) in [6.45, 7) is 1.91. The van der Waals surface area contributed by atoms with Gasteiger partial charge in [0.15, 0.2) is 5.52 Å². The van der Waals surface area contributed by atoms with Crippen molar-refractivity contribution in [2.75, 3.05) is 7.11 Å². The number of hydrogen-bond donors (Lipinski definition) is 0. The van der Waals surface area contributed by atoms with Gasteiger partial charge in [0.2, 0.25) is 0 Å².